The second kappa shape index (κ2) is 2.59. The highest BCUT2D eigenvalue weighted by molar-refractivity contribution is 5.82. The van der Waals surface area contributed by atoms with Crippen molar-refractivity contribution < 1.29 is 4.79 Å². The molecule has 0 aliphatic carbocycles. The smallest absolute Gasteiger partial charge is 0.137 e. The standard InChI is InChI=1S/C9H17NO/c1-7-5-10(4)6-9(7,3)8(2)11/h7H,5-6H2,1-4H3/t7-,9-/m0/s1. The van der Waals surface area contributed by atoms with Crippen molar-refractivity contribution in [2.24, 2.45) is 11.3 Å². The number of rotatable bonds is 1. The second-order valence-corrected chi connectivity index (χ2v) is 4.07. The number of likely N-dealkylation sites (tertiary alicyclic amines) is 1. The molecule has 1 heterocycles. The average Bonchev–Trinajstić information content (AvgIpc) is 2.08. The van der Waals surface area contributed by atoms with E-state index in [0.717, 1.165) is 13.1 Å². The number of carbonyl (C=O) groups excluding carboxylic acids is 1. The highest BCUT2D eigenvalue weighted by atomic mass is 16.1. The van der Waals surface area contributed by atoms with Gasteiger partial charge in [0.15, 0.2) is 0 Å². The van der Waals surface area contributed by atoms with E-state index in [0.29, 0.717) is 11.7 Å². The Morgan fingerprint density at radius 2 is 2.18 bits per heavy atom. The molecule has 0 spiro atoms. The minimum atomic E-state index is -0.0885. The summed E-state index contributed by atoms with van der Waals surface area (Å²) in [6.07, 6.45) is 0. The molecule has 0 aromatic rings. The summed E-state index contributed by atoms with van der Waals surface area (Å²) in [4.78, 5) is 13.5. The van der Waals surface area contributed by atoms with Crippen molar-refractivity contribution in [1.29, 1.82) is 0 Å². The van der Waals surface area contributed by atoms with Gasteiger partial charge in [0.25, 0.3) is 0 Å². The molecule has 1 aliphatic heterocycles. The van der Waals surface area contributed by atoms with E-state index in [-0.39, 0.29) is 5.41 Å². The minimum absolute atomic E-state index is 0.0885. The summed E-state index contributed by atoms with van der Waals surface area (Å²) in [6, 6.07) is 0. The molecule has 2 heteroatoms. The maximum Gasteiger partial charge on any atom is 0.137 e. The fraction of sp³-hybridized carbons (Fsp3) is 0.889. The zero-order valence-electron chi connectivity index (χ0n) is 7.85. The van der Waals surface area contributed by atoms with E-state index in [1.54, 1.807) is 6.92 Å². The van der Waals surface area contributed by atoms with Crippen molar-refractivity contribution in [1.82, 2.24) is 4.90 Å². The van der Waals surface area contributed by atoms with Gasteiger partial charge in [-0.3, -0.25) is 4.79 Å². The van der Waals surface area contributed by atoms with Crippen LogP contribution in [0.4, 0.5) is 0 Å². The molecule has 0 saturated carbocycles. The summed E-state index contributed by atoms with van der Waals surface area (Å²) < 4.78 is 0. The summed E-state index contributed by atoms with van der Waals surface area (Å²) in [5.41, 5.74) is -0.0885. The van der Waals surface area contributed by atoms with Gasteiger partial charge < -0.3 is 4.90 Å². The van der Waals surface area contributed by atoms with Crippen molar-refractivity contribution in [2.45, 2.75) is 20.8 Å². The summed E-state index contributed by atoms with van der Waals surface area (Å²) >= 11 is 0. The topological polar surface area (TPSA) is 20.3 Å². The molecule has 1 aliphatic rings. The van der Waals surface area contributed by atoms with E-state index in [2.05, 4.69) is 25.8 Å². The number of ketones is 1. The average molecular weight is 155 g/mol. The number of hydrogen-bond donors (Lipinski definition) is 0. The lowest BCUT2D eigenvalue weighted by Gasteiger charge is -2.24. The van der Waals surface area contributed by atoms with Crippen LogP contribution in [-0.4, -0.2) is 30.8 Å². The number of Topliss-reactive ketones (excluding diaryl/α,β-unsaturated/α-hetero) is 1. The molecule has 0 N–H and O–H groups in total. The van der Waals surface area contributed by atoms with E-state index in [1.165, 1.54) is 0 Å². The highest BCUT2D eigenvalue weighted by Crippen LogP contribution is 2.35. The van der Waals surface area contributed by atoms with Crippen LogP contribution in [0.25, 0.3) is 0 Å². The molecule has 2 nitrogen and oxygen atoms in total. The number of hydrogen-bond acceptors (Lipinski definition) is 2. The maximum atomic E-state index is 11.3. The van der Waals surface area contributed by atoms with Crippen LogP contribution in [0.2, 0.25) is 0 Å². The van der Waals surface area contributed by atoms with Gasteiger partial charge in [-0.05, 0) is 19.9 Å². The van der Waals surface area contributed by atoms with Crippen LogP contribution < -0.4 is 0 Å². The van der Waals surface area contributed by atoms with Crippen LogP contribution >= 0.6 is 0 Å². The Morgan fingerprint density at radius 1 is 1.64 bits per heavy atom. The van der Waals surface area contributed by atoms with Crippen LogP contribution in [0.15, 0.2) is 0 Å². The zero-order chi connectivity index (χ0) is 8.65. The Hall–Kier alpha value is -0.370. The summed E-state index contributed by atoms with van der Waals surface area (Å²) in [6.45, 7) is 7.91. The van der Waals surface area contributed by atoms with Crippen molar-refractivity contribution in [3.63, 3.8) is 0 Å². The van der Waals surface area contributed by atoms with Gasteiger partial charge >= 0.3 is 0 Å². The Kier molecular flexibility index (Phi) is 2.06. The molecule has 0 unspecified atom stereocenters. The van der Waals surface area contributed by atoms with Gasteiger partial charge in [0, 0.05) is 18.5 Å². The Balaban J connectivity index is 2.79. The lowest BCUT2D eigenvalue weighted by molar-refractivity contribution is -0.126. The molecule has 1 fully saturated rings. The third-order valence-electron chi connectivity index (χ3n) is 3.08. The molecule has 0 radical (unpaired) electrons. The SMILES string of the molecule is CC(=O)[C@@]1(C)CN(C)C[C@@H]1C. The number of nitrogens with zero attached hydrogens (tertiary/aromatic N) is 1. The maximum absolute atomic E-state index is 11.3. The minimum Gasteiger partial charge on any atom is -0.305 e. The first-order chi connectivity index (χ1) is 4.97. The summed E-state index contributed by atoms with van der Waals surface area (Å²) in [5.74, 6) is 0.833. The highest BCUT2D eigenvalue weighted by Gasteiger charge is 2.42. The second-order valence-electron chi connectivity index (χ2n) is 4.07. The van der Waals surface area contributed by atoms with Gasteiger partial charge in [0.05, 0.1) is 0 Å². The largest absolute Gasteiger partial charge is 0.305 e. The van der Waals surface area contributed by atoms with Gasteiger partial charge in [-0.15, -0.1) is 0 Å². The van der Waals surface area contributed by atoms with Crippen LogP contribution in [0, 0.1) is 11.3 Å². The number of carbonyl (C=O) groups is 1. The van der Waals surface area contributed by atoms with Gasteiger partial charge in [-0.25, -0.2) is 0 Å². The van der Waals surface area contributed by atoms with E-state index in [4.69, 9.17) is 0 Å². The molecule has 0 aromatic heterocycles. The normalized spacial score (nSPS) is 39.5. The Labute approximate surface area is 68.6 Å². The van der Waals surface area contributed by atoms with Gasteiger partial charge in [-0.2, -0.15) is 0 Å². The van der Waals surface area contributed by atoms with Crippen molar-refractivity contribution >= 4 is 5.78 Å². The van der Waals surface area contributed by atoms with Crippen molar-refractivity contribution in [3.8, 4) is 0 Å². The summed E-state index contributed by atoms with van der Waals surface area (Å²) in [5, 5.41) is 0. The third-order valence-corrected chi connectivity index (χ3v) is 3.08. The van der Waals surface area contributed by atoms with Gasteiger partial charge in [-0.1, -0.05) is 13.8 Å². The summed E-state index contributed by atoms with van der Waals surface area (Å²) in [7, 11) is 2.07. The van der Waals surface area contributed by atoms with E-state index in [1.807, 2.05) is 0 Å². The first-order valence-electron chi connectivity index (χ1n) is 4.16. The van der Waals surface area contributed by atoms with Gasteiger partial charge in [0.2, 0.25) is 0 Å². The fourth-order valence-electron chi connectivity index (χ4n) is 1.91. The van der Waals surface area contributed by atoms with Gasteiger partial charge in [0.1, 0.15) is 5.78 Å². The first kappa shape index (κ1) is 8.72. The van der Waals surface area contributed by atoms with Crippen LogP contribution in [0.3, 0.4) is 0 Å². The predicted octanol–water partition coefficient (Wildman–Crippen LogP) is 1.16. The predicted molar refractivity (Wildman–Crippen MR) is 45.4 cm³/mol. The third kappa shape index (κ3) is 1.32. The Morgan fingerprint density at radius 3 is 2.36 bits per heavy atom. The molecule has 1 saturated heterocycles. The van der Waals surface area contributed by atoms with E-state index < -0.39 is 0 Å². The molecule has 2 atom stereocenters. The van der Waals surface area contributed by atoms with Crippen LogP contribution in [0.5, 0.6) is 0 Å². The monoisotopic (exact) mass is 155 g/mol. The molecular weight excluding hydrogens is 138 g/mol. The van der Waals surface area contributed by atoms with Crippen LogP contribution in [-0.2, 0) is 4.79 Å². The molecule has 64 valence electrons. The van der Waals surface area contributed by atoms with Crippen LogP contribution in [0.1, 0.15) is 20.8 Å². The van der Waals surface area contributed by atoms with E-state index >= 15 is 0 Å². The first-order valence-corrected chi connectivity index (χ1v) is 4.16. The zero-order valence-corrected chi connectivity index (χ0v) is 7.85. The molecule has 0 amide bonds. The molecule has 11 heavy (non-hydrogen) atoms. The lowest BCUT2D eigenvalue weighted by Crippen LogP contribution is -2.32. The fourth-order valence-corrected chi connectivity index (χ4v) is 1.91. The van der Waals surface area contributed by atoms with E-state index in [9.17, 15) is 4.79 Å². The Bertz CT molecular complexity index is 178. The van der Waals surface area contributed by atoms with Crippen molar-refractivity contribution in [3.05, 3.63) is 0 Å². The molecule has 0 bridgehead atoms. The molecule has 0 aromatic carbocycles. The molecule has 1 rings (SSSR count). The molecular formula is C9H17NO. The lowest BCUT2D eigenvalue weighted by atomic mass is 9.78. The van der Waals surface area contributed by atoms with Crippen molar-refractivity contribution in [2.75, 3.05) is 20.1 Å². The quantitative estimate of drug-likeness (QED) is 0.566.